The van der Waals surface area contributed by atoms with Crippen molar-refractivity contribution < 1.29 is 13.2 Å². The Hall–Kier alpha value is -0.460. The van der Waals surface area contributed by atoms with E-state index in [1.54, 1.807) is 0 Å². The Morgan fingerprint density at radius 1 is 1.50 bits per heavy atom. The Balaban J connectivity index is 4.26. The number of hydrogen-bond acceptors (Lipinski definition) is 4. The number of sulfonamides is 1. The van der Waals surface area contributed by atoms with Gasteiger partial charge in [0, 0.05) is 0 Å². The summed E-state index contributed by atoms with van der Waals surface area (Å²) in [6.07, 6.45) is 0.0648. The second kappa shape index (κ2) is 2.21. The molecule has 0 aliphatic heterocycles. The van der Waals surface area contributed by atoms with Crippen LogP contribution in [0.4, 0.5) is 0 Å². The van der Waals surface area contributed by atoms with Gasteiger partial charge in [0.15, 0.2) is 11.7 Å². The molecule has 0 fully saturated rings. The summed E-state index contributed by atoms with van der Waals surface area (Å²) in [6, 6.07) is 0. The molecule has 0 amide bonds. The normalized spacial score (nSPS) is 15.2. The predicted molar refractivity (Wildman–Crippen MR) is 27.1 cm³/mol. The lowest BCUT2D eigenvalue weighted by atomic mass is 10.8. The summed E-state index contributed by atoms with van der Waals surface area (Å²) in [4.78, 5) is 9.57. The molecule has 1 unspecified atom stereocenters. The zero-order valence-corrected chi connectivity index (χ0v) is 4.76. The van der Waals surface area contributed by atoms with Crippen molar-refractivity contribution in [1.82, 2.24) is 0 Å². The summed E-state index contributed by atoms with van der Waals surface area (Å²) in [5.41, 5.74) is 4.67. The van der Waals surface area contributed by atoms with Crippen LogP contribution in [0.1, 0.15) is 0 Å². The van der Waals surface area contributed by atoms with Crippen molar-refractivity contribution in [2.75, 3.05) is 0 Å². The van der Waals surface area contributed by atoms with Crippen molar-refractivity contribution in [3.8, 4) is 0 Å². The number of aldehydes is 1. The third kappa shape index (κ3) is 2.01. The Morgan fingerprint density at radius 3 is 1.88 bits per heavy atom. The van der Waals surface area contributed by atoms with Gasteiger partial charge < -0.3 is 10.5 Å². The molecule has 0 bridgehead atoms. The SMILES string of the molecule is NC(C=O)S(N)(=O)=O. The summed E-state index contributed by atoms with van der Waals surface area (Å²) in [6.45, 7) is 0. The van der Waals surface area contributed by atoms with Gasteiger partial charge in [-0.2, -0.15) is 0 Å². The van der Waals surface area contributed by atoms with Gasteiger partial charge in [0.2, 0.25) is 10.0 Å². The van der Waals surface area contributed by atoms with Crippen LogP contribution in [-0.2, 0) is 14.8 Å². The first-order valence-electron chi connectivity index (χ1n) is 1.71. The summed E-state index contributed by atoms with van der Waals surface area (Å²) >= 11 is 0. The van der Waals surface area contributed by atoms with E-state index in [0.29, 0.717) is 0 Å². The minimum atomic E-state index is -3.84. The van der Waals surface area contributed by atoms with E-state index in [-0.39, 0.29) is 6.29 Å². The molecular formula is C2H6N2O3S. The Kier molecular flexibility index (Phi) is 2.08. The van der Waals surface area contributed by atoms with Gasteiger partial charge in [-0.15, -0.1) is 0 Å². The smallest absolute Gasteiger partial charge is 0.231 e. The standard InChI is InChI=1S/C2H6N2O3S/c3-2(1-5)8(4,6)7/h1-2H,3H2,(H2,4,6,7). The number of rotatable bonds is 2. The summed E-state index contributed by atoms with van der Waals surface area (Å²) in [7, 11) is -3.84. The van der Waals surface area contributed by atoms with Crippen molar-refractivity contribution in [2.45, 2.75) is 5.37 Å². The fraction of sp³-hybridized carbons (Fsp3) is 0.500. The predicted octanol–water partition coefficient (Wildman–Crippen LogP) is -2.24. The quantitative estimate of drug-likeness (QED) is 0.421. The molecule has 4 N–H and O–H groups in total. The number of carbonyl (C=O) groups excluding carboxylic acids is 1. The van der Waals surface area contributed by atoms with E-state index >= 15 is 0 Å². The van der Waals surface area contributed by atoms with Crippen LogP contribution in [0.15, 0.2) is 0 Å². The van der Waals surface area contributed by atoms with Crippen LogP contribution in [0.2, 0.25) is 0 Å². The maximum Gasteiger partial charge on any atom is 0.231 e. The second-order valence-electron chi connectivity index (χ2n) is 1.19. The van der Waals surface area contributed by atoms with Crippen LogP contribution in [0.5, 0.6) is 0 Å². The molecule has 0 saturated heterocycles. The molecule has 0 aromatic carbocycles. The van der Waals surface area contributed by atoms with Crippen molar-refractivity contribution in [3.05, 3.63) is 0 Å². The first-order chi connectivity index (χ1) is 3.48. The first-order valence-corrected chi connectivity index (χ1v) is 3.32. The molecule has 0 rings (SSSR count). The highest BCUT2D eigenvalue weighted by Crippen LogP contribution is 1.78. The van der Waals surface area contributed by atoms with Crippen molar-refractivity contribution in [2.24, 2.45) is 10.9 Å². The Labute approximate surface area is 46.7 Å². The number of primary sulfonamides is 1. The molecule has 0 radical (unpaired) electrons. The van der Waals surface area contributed by atoms with Crippen molar-refractivity contribution in [1.29, 1.82) is 0 Å². The Bertz CT molecular complexity index is 172. The fourth-order valence-corrected chi connectivity index (χ4v) is 0.232. The van der Waals surface area contributed by atoms with Crippen LogP contribution in [0.3, 0.4) is 0 Å². The van der Waals surface area contributed by atoms with E-state index in [4.69, 9.17) is 0 Å². The van der Waals surface area contributed by atoms with Gasteiger partial charge in [-0.3, -0.25) is 0 Å². The van der Waals surface area contributed by atoms with Crippen LogP contribution >= 0.6 is 0 Å². The Morgan fingerprint density at radius 2 is 1.88 bits per heavy atom. The van der Waals surface area contributed by atoms with Crippen LogP contribution in [-0.4, -0.2) is 20.1 Å². The van der Waals surface area contributed by atoms with E-state index < -0.39 is 15.4 Å². The zero-order chi connectivity index (χ0) is 6.78. The lowest BCUT2D eigenvalue weighted by molar-refractivity contribution is -0.107. The summed E-state index contributed by atoms with van der Waals surface area (Å²) < 4.78 is 20.0. The lowest BCUT2D eigenvalue weighted by Crippen LogP contribution is -2.37. The zero-order valence-electron chi connectivity index (χ0n) is 3.94. The van der Waals surface area contributed by atoms with Gasteiger partial charge in [-0.1, -0.05) is 0 Å². The average molecular weight is 138 g/mol. The van der Waals surface area contributed by atoms with Gasteiger partial charge in [0.1, 0.15) is 0 Å². The van der Waals surface area contributed by atoms with Crippen LogP contribution < -0.4 is 10.9 Å². The molecule has 48 valence electrons. The molecule has 0 aromatic heterocycles. The fourth-order valence-electron chi connectivity index (χ4n) is 0.0774. The molecule has 0 aliphatic carbocycles. The van der Waals surface area contributed by atoms with Gasteiger partial charge in [-0.05, 0) is 0 Å². The van der Waals surface area contributed by atoms with Crippen LogP contribution in [0, 0.1) is 0 Å². The van der Waals surface area contributed by atoms with Crippen molar-refractivity contribution >= 4 is 16.3 Å². The molecule has 8 heavy (non-hydrogen) atoms. The number of hydrogen-bond donors (Lipinski definition) is 2. The van der Waals surface area contributed by atoms with Gasteiger partial charge in [0.05, 0.1) is 0 Å². The molecule has 6 heteroatoms. The molecule has 0 saturated carbocycles. The minimum absolute atomic E-state index is 0.0648. The van der Waals surface area contributed by atoms with E-state index in [0.717, 1.165) is 0 Å². The van der Waals surface area contributed by atoms with E-state index in [1.807, 2.05) is 0 Å². The second-order valence-corrected chi connectivity index (χ2v) is 2.91. The number of carbonyl (C=O) groups is 1. The largest absolute Gasteiger partial charge is 0.308 e. The van der Waals surface area contributed by atoms with Crippen LogP contribution in [0.25, 0.3) is 0 Å². The topological polar surface area (TPSA) is 103 Å². The molecule has 0 aromatic rings. The first kappa shape index (κ1) is 7.54. The maximum absolute atomic E-state index is 9.98. The third-order valence-electron chi connectivity index (χ3n) is 0.513. The molecule has 0 aliphatic rings. The lowest BCUT2D eigenvalue weighted by Gasteiger charge is -1.95. The van der Waals surface area contributed by atoms with Gasteiger partial charge in [-0.25, -0.2) is 13.6 Å². The summed E-state index contributed by atoms with van der Waals surface area (Å²) in [5, 5.41) is 2.82. The minimum Gasteiger partial charge on any atom is -0.308 e. The molecule has 5 nitrogen and oxygen atoms in total. The highest BCUT2D eigenvalue weighted by Gasteiger charge is 2.12. The maximum atomic E-state index is 9.98. The van der Waals surface area contributed by atoms with E-state index in [2.05, 4.69) is 10.9 Å². The average Bonchev–Trinajstić information content (AvgIpc) is 1.62. The van der Waals surface area contributed by atoms with Gasteiger partial charge >= 0.3 is 0 Å². The summed E-state index contributed by atoms with van der Waals surface area (Å²) in [5.74, 6) is 0. The molecular weight excluding hydrogens is 132 g/mol. The molecule has 1 atom stereocenters. The highest BCUT2D eigenvalue weighted by molar-refractivity contribution is 7.90. The van der Waals surface area contributed by atoms with E-state index in [9.17, 15) is 13.2 Å². The van der Waals surface area contributed by atoms with Gasteiger partial charge in [0.25, 0.3) is 0 Å². The molecule has 0 spiro atoms. The third-order valence-corrected chi connectivity index (χ3v) is 1.38. The van der Waals surface area contributed by atoms with E-state index in [1.165, 1.54) is 0 Å². The monoisotopic (exact) mass is 138 g/mol. The highest BCUT2D eigenvalue weighted by atomic mass is 32.2. The number of nitrogens with two attached hydrogens (primary N) is 2. The molecule has 0 heterocycles. The van der Waals surface area contributed by atoms with Crippen molar-refractivity contribution in [3.63, 3.8) is 0 Å².